The highest BCUT2D eigenvalue weighted by Crippen LogP contribution is 2.29. The number of hydrogen-bond acceptors (Lipinski definition) is 6. The van der Waals surface area contributed by atoms with Crippen LogP contribution in [0.2, 0.25) is 0 Å². The summed E-state index contributed by atoms with van der Waals surface area (Å²) in [7, 11) is 3.19. The number of carbonyl (C=O) groups is 1. The molecule has 0 unspecified atom stereocenters. The van der Waals surface area contributed by atoms with E-state index in [2.05, 4.69) is 27.7 Å². The lowest BCUT2D eigenvalue weighted by Gasteiger charge is -2.18. The quantitative estimate of drug-likeness (QED) is 0.631. The van der Waals surface area contributed by atoms with Crippen LogP contribution in [-0.2, 0) is 17.8 Å². The molecule has 1 aromatic heterocycles. The molecule has 2 aromatic carbocycles. The summed E-state index contributed by atoms with van der Waals surface area (Å²) >= 11 is 0. The Bertz CT molecular complexity index is 969. The monoisotopic (exact) mass is 395 g/mol. The summed E-state index contributed by atoms with van der Waals surface area (Å²) in [6.45, 7) is 3.95. The van der Waals surface area contributed by atoms with E-state index in [9.17, 15) is 4.79 Å². The SMILES string of the molecule is CCc1ccc(-c2nnn(CC(=O)N[C@@H](C)c3cc(OC)ccc3OC)n2)cc1. The Morgan fingerprint density at radius 2 is 1.90 bits per heavy atom. The fourth-order valence-electron chi connectivity index (χ4n) is 2.99. The largest absolute Gasteiger partial charge is 0.497 e. The first-order valence-corrected chi connectivity index (χ1v) is 9.42. The van der Waals surface area contributed by atoms with Crippen LogP contribution >= 0.6 is 0 Å². The number of tetrazole rings is 1. The number of hydrogen-bond donors (Lipinski definition) is 1. The van der Waals surface area contributed by atoms with E-state index < -0.39 is 0 Å². The molecule has 3 rings (SSSR count). The summed E-state index contributed by atoms with van der Waals surface area (Å²) in [5, 5.41) is 15.3. The Kier molecular flexibility index (Phi) is 6.43. The number of benzene rings is 2. The fourth-order valence-corrected chi connectivity index (χ4v) is 2.99. The van der Waals surface area contributed by atoms with Crippen molar-refractivity contribution in [3.8, 4) is 22.9 Å². The second kappa shape index (κ2) is 9.18. The predicted octanol–water partition coefficient (Wildman–Crippen LogP) is 2.80. The highest BCUT2D eigenvalue weighted by molar-refractivity contribution is 5.76. The summed E-state index contributed by atoms with van der Waals surface area (Å²) < 4.78 is 10.7. The molecule has 0 aliphatic carbocycles. The molecular weight excluding hydrogens is 370 g/mol. The second-order valence-electron chi connectivity index (χ2n) is 6.59. The minimum Gasteiger partial charge on any atom is -0.497 e. The average molecular weight is 395 g/mol. The number of amides is 1. The smallest absolute Gasteiger partial charge is 0.244 e. The van der Waals surface area contributed by atoms with Crippen molar-refractivity contribution in [2.24, 2.45) is 0 Å². The van der Waals surface area contributed by atoms with Crippen LogP contribution in [0.5, 0.6) is 11.5 Å². The Balaban J connectivity index is 1.66. The van der Waals surface area contributed by atoms with Crippen LogP contribution in [0, 0.1) is 0 Å². The molecule has 1 N–H and O–H groups in total. The standard InChI is InChI=1S/C21H25N5O3/c1-5-15-6-8-16(9-7-15)21-23-25-26(24-21)13-20(27)22-14(2)18-12-17(28-3)10-11-19(18)29-4/h6-12,14H,5,13H2,1-4H3,(H,22,27)/t14-/m0/s1. The molecule has 1 atom stereocenters. The van der Waals surface area contributed by atoms with E-state index >= 15 is 0 Å². The van der Waals surface area contributed by atoms with E-state index in [1.807, 2.05) is 49.4 Å². The van der Waals surface area contributed by atoms with Gasteiger partial charge in [0.15, 0.2) is 0 Å². The van der Waals surface area contributed by atoms with Crippen molar-refractivity contribution in [2.45, 2.75) is 32.9 Å². The van der Waals surface area contributed by atoms with Crippen molar-refractivity contribution in [2.75, 3.05) is 14.2 Å². The van der Waals surface area contributed by atoms with Crippen LogP contribution < -0.4 is 14.8 Å². The summed E-state index contributed by atoms with van der Waals surface area (Å²) in [5.74, 6) is 1.63. The minimum absolute atomic E-state index is 0.0311. The van der Waals surface area contributed by atoms with Crippen molar-refractivity contribution in [1.82, 2.24) is 25.5 Å². The maximum Gasteiger partial charge on any atom is 0.244 e. The number of carbonyl (C=O) groups excluding carboxylic acids is 1. The summed E-state index contributed by atoms with van der Waals surface area (Å²) in [6, 6.07) is 13.2. The van der Waals surface area contributed by atoms with Gasteiger partial charge in [0.05, 0.1) is 20.3 Å². The normalized spacial score (nSPS) is 11.7. The van der Waals surface area contributed by atoms with Crippen LogP contribution in [0.4, 0.5) is 0 Å². The average Bonchev–Trinajstić information content (AvgIpc) is 3.21. The minimum atomic E-state index is -0.280. The van der Waals surface area contributed by atoms with Gasteiger partial charge in [-0.1, -0.05) is 31.2 Å². The second-order valence-corrected chi connectivity index (χ2v) is 6.59. The number of aromatic nitrogens is 4. The molecule has 1 amide bonds. The van der Waals surface area contributed by atoms with Gasteiger partial charge in [0, 0.05) is 11.1 Å². The van der Waals surface area contributed by atoms with E-state index in [1.54, 1.807) is 14.2 Å². The molecule has 0 aliphatic heterocycles. The van der Waals surface area contributed by atoms with E-state index in [4.69, 9.17) is 9.47 Å². The van der Waals surface area contributed by atoms with Crippen LogP contribution in [-0.4, -0.2) is 40.3 Å². The molecule has 0 spiro atoms. The lowest BCUT2D eigenvalue weighted by molar-refractivity contribution is -0.122. The maximum atomic E-state index is 12.5. The molecule has 3 aromatic rings. The first-order chi connectivity index (χ1) is 14.0. The van der Waals surface area contributed by atoms with Gasteiger partial charge in [-0.25, -0.2) is 0 Å². The van der Waals surface area contributed by atoms with Gasteiger partial charge < -0.3 is 14.8 Å². The van der Waals surface area contributed by atoms with Gasteiger partial charge in [0.25, 0.3) is 0 Å². The van der Waals surface area contributed by atoms with E-state index in [0.717, 1.165) is 17.5 Å². The van der Waals surface area contributed by atoms with Gasteiger partial charge >= 0.3 is 0 Å². The number of methoxy groups -OCH3 is 2. The summed E-state index contributed by atoms with van der Waals surface area (Å²) in [5.41, 5.74) is 2.93. The molecule has 29 heavy (non-hydrogen) atoms. The molecule has 8 nitrogen and oxygen atoms in total. The third kappa shape index (κ3) is 4.90. The van der Waals surface area contributed by atoms with Gasteiger partial charge in [-0.05, 0) is 42.3 Å². The molecular formula is C21H25N5O3. The third-order valence-corrected chi connectivity index (χ3v) is 4.64. The van der Waals surface area contributed by atoms with Gasteiger partial charge in [0.1, 0.15) is 18.0 Å². The molecule has 0 saturated carbocycles. The van der Waals surface area contributed by atoms with Crippen molar-refractivity contribution in [3.63, 3.8) is 0 Å². The summed E-state index contributed by atoms with van der Waals surface area (Å²) in [6.07, 6.45) is 0.969. The van der Waals surface area contributed by atoms with Crippen LogP contribution in [0.25, 0.3) is 11.4 Å². The first-order valence-electron chi connectivity index (χ1n) is 9.42. The molecule has 0 saturated heterocycles. The van der Waals surface area contributed by atoms with Crippen LogP contribution in [0.3, 0.4) is 0 Å². The van der Waals surface area contributed by atoms with Gasteiger partial charge in [-0.15, -0.1) is 10.2 Å². The lowest BCUT2D eigenvalue weighted by Crippen LogP contribution is -2.31. The topological polar surface area (TPSA) is 91.2 Å². The molecule has 0 aliphatic rings. The number of aryl methyl sites for hydroxylation is 1. The van der Waals surface area contributed by atoms with E-state index in [0.29, 0.717) is 17.3 Å². The third-order valence-electron chi connectivity index (χ3n) is 4.64. The highest BCUT2D eigenvalue weighted by atomic mass is 16.5. The zero-order valence-corrected chi connectivity index (χ0v) is 17.0. The Hall–Kier alpha value is -3.42. The zero-order valence-electron chi connectivity index (χ0n) is 17.0. The van der Waals surface area contributed by atoms with E-state index in [1.165, 1.54) is 10.4 Å². The number of rotatable bonds is 8. The van der Waals surface area contributed by atoms with Gasteiger partial charge in [-0.3, -0.25) is 4.79 Å². The Morgan fingerprint density at radius 1 is 1.14 bits per heavy atom. The number of ether oxygens (including phenoxy) is 2. The van der Waals surface area contributed by atoms with Crippen LogP contribution in [0.15, 0.2) is 42.5 Å². The van der Waals surface area contributed by atoms with E-state index in [-0.39, 0.29) is 18.5 Å². The van der Waals surface area contributed by atoms with Crippen molar-refractivity contribution >= 4 is 5.91 Å². The maximum absolute atomic E-state index is 12.5. The van der Waals surface area contributed by atoms with Gasteiger partial charge in [-0.2, -0.15) is 4.80 Å². The molecule has 0 fully saturated rings. The Morgan fingerprint density at radius 3 is 2.55 bits per heavy atom. The zero-order chi connectivity index (χ0) is 20.8. The predicted molar refractivity (Wildman–Crippen MR) is 109 cm³/mol. The molecule has 8 heteroatoms. The number of nitrogens with one attached hydrogen (secondary N) is 1. The molecule has 0 radical (unpaired) electrons. The fraction of sp³-hybridized carbons (Fsp3) is 0.333. The van der Waals surface area contributed by atoms with Crippen LogP contribution in [0.1, 0.15) is 31.0 Å². The van der Waals surface area contributed by atoms with Gasteiger partial charge in [0.2, 0.25) is 11.7 Å². The highest BCUT2D eigenvalue weighted by Gasteiger charge is 2.16. The lowest BCUT2D eigenvalue weighted by atomic mass is 10.1. The summed E-state index contributed by atoms with van der Waals surface area (Å²) in [4.78, 5) is 13.8. The van der Waals surface area contributed by atoms with Crippen molar-refractivity contribution < 1.29 is 14.3 Å². The molecule has 0 bridgehead atoms. The molecule has 1 heterocycles. The van der Waals surface area contributed by atoms with Crippen molar-refractivity contribution in [3.05, 3.63) is 53.6 Å². The van der Waals surface area contributed by atoms with Crippen molar-refractivity contribution in [1.29, 1.82) is 0 Å². The first kappa shape index (κ1) is 20.3. The molecule has 152 valence electrons. The number of nitrogens with zero attached hydrogens (tertiary/aromatic N) is 4. The Labute approximate surface area is 169 Å².